The molecule has 4 N–H and O–H groups in total. The van der Waals surface area contributed by atoms with Crippen molar-refractivity contribution in [3.8, 4) is 11.5 Å². The van der Waals surface area contributed by atoms with Gasteiger partial charge in [0.15, 0.2) is 0 Å². The molecule has 0 amide bonds. The van der Waals surface area contributed by atoms with Crippen LogP contribution in [0, 0.1) is 0 Å². The largest absolute Gasteiger partial charge is 0.491 e. The van der Waals surface area contributed by atoms with Crippen LogP contribution in [0.4, 0.5) is 0 Å². The first kappa shape index (κ1) is 22.6. The molecule has 0 heterocycles. The van der Waals surface area contributed by atoms with Crippen molar-refractivity contribution in [1.29, 1.82) is 0 Å². The van der Waals surface area contributed by atoms with Crippen LogP contribution in [0.2, 0.25) is 0 Å². The highest BCUT2D eigenvalue weighted by Crippen LogP contribution is 2.17. The Morgan fingerprint density at radius 1 is 0.769 bits per heavy atom. The van der Waals surface area contributed by atoms with Crippen LogP contribution >= 0.6 is 0 Å². The fraction of sp³-hybridized carbons (Fsp3) is 0.667. The van der Waals surface area contributed by atoms with Gasteiger partial charge in [-0.1, -0.05) is 0 Å². The Hall–Kier alpha value is -1.42. The van der Waals surface area contributed by atoms with E-state index in [1.807, 2.05) is 0 Å². The summed E-state index contributed by atoms with van der Waals surface area (Å²) < 4.78 is 20.9. The summed E-state index contributed by atoms with van der Waals surface area (Å²) in [7, 11) is 3.27. The van der Waals surface area contributed by atoms with E-state index in [0.29, 0.717) is 50.9 Å². The van der Waals surface area contributed by atoms with Crippen molar-refractivity contribution in [1.82, 2.24) is 10.6 Å². The fourth-order valence-corrected chi connectivity index (χ4v) is 2.02. The lowest BCUT2D eigenvalue weighted by Gasteiger charge is -2.15. The van der Waals surface area contributed by atoms with Gasteiger partial charge in [-0.3, -0.25) is 0 Å². The van der Waals surface area contributed by atoms with Crippen molar-refractivity contribution >= 4 is 0 Å². The van der Waals surface area contributed by atoms with E-state index in [4.69, 9.17) is 18.9 Å². The first-order valence-electron chi connectivity index (χ1n) is 8.76. The Kier molecular flexibility index (Phi) is 12.8. The van der Waals surface area contributed by atoms with Gasteiger partial charge >= 0.3 is 0 Å². The number of aliphatic hydroxyl groups is 2. The van der Waals surface area contributed by atoms with E-state index in [1.165, 1.54) is 0 Å². The average Bonchev–Trinajstić information content (AvgIpc) is 2.66. The number of hydrogen-bond donors (Lipinski definition) is 4. The quantitative estimate of drug-likeness (QED) is 0.292. The van der Waals surface area contributed by atoms with Crippen molar-refractivity contribution in [2.24, 2.45) is 0 Å². The molecule has 0 fully saturated rings. The molecule has 1 rings (SSSR count). The number of aliphatic hydroxyl groups excluding tert-OH is 2. The Morgan fingerprint density at radius 3 is 1.50 bits per heavy atom. The molecular formula is C18H32N2O6. The summed E-state index contributed by atoms with van der Waals surface area (Å²) in [5.41, 5.74) is 0. The Balaban J connectivity index is 2.18. The smallest absolute Gasteiger partial charge is 0.119 e. The Bertz CT molecular complexity index is 405. The summed E-state index contributed by atoms with van der Waals surface area (Å²) in [6, 6.07) is 7.07. The van der Waals surface area contributed by atoms with E-state index in [2.05, 4.69) is 10.6 Å². The molecule has 0 aromatic heterocycles. The maximum Gasteiger partial charge on any atom is 0.119 e. The molecule has 0 aliphatic carbocycles. The number of benzene rings is 1. The molecule has 26 heavy (non-hydrogen) atoms. The van der Waals surface area contributed by atoms with Crippen LogP contribution < -0.4 is 20.1 Å². The lowest BCUT2D eigenvalue weighted by Crippen LogP contribution is -2.33. The second kappa shape index (κ2) is 14.7. The zero-order chi connectivity index (χ0) is 19.0. The third-order valence-corrected chi connectivity index (χ3v) is 3.43. The molecule has 0 radical (unpaired) electrons. The molecule has 1 aromatic carbocycles. The topological polar surface area (TPSA) is 101 Å². The minimum Gasteiger partial charge on any atom is -0.491 e. The fourth-order valence-electron chi connectivity index (χ4n) is 2.02. The normalized spacial score (nSPS) is 13.4. The summed E-state index contributed by atoms with van der Waals surface area (Å²) in [5, 5.41) is 25.8. The predicted octanol–water partition coefficient (Wildman–Crippen LogP) is -0.362. The summed E-state index contributed by atoms with van der Waals surface area (Å²) in [6.45, 7) is 3.88. The SMILES string of the molecule is COCCNCC(O)COc1ccc(OCC(O)CNCCOC)cc1. The minimum absolute atomic E-state index is 0.200. The first-order valence-corrected chi connectivity index (χ1v) is 8.76. The van der Waals surface area contributed by atoms with Gasteiger partial charge in [0.25, 0.3) is 0 Å². The molecule has 8 nitrogen and oxygen atoms in total. The van der Waals surface area contributed by atoms with Crippen molar-refractivity contribution in [2.75, 3.05) is 66.8 Å². The third kappa shape index (κ3) is 11.2. The number of hydrogen-bond acceptors (Lipinski definition) is 8. The molecule has 8 heteroatoms. The maximum absolute atomic E-state index is 9.82. The Morgan fingerprint density at radius 2 is 1.15 bits per heavy atom. The molecule has 0 spiro atoms. The van der Waals surface area contributed by atoms with Crippen molar-refractivity contribution < 1.29 is 29.2 Å². The van der Waals surface area contributed by atoms with Gasteiger partial charge in [-0.15, -0.1) is 0 Å². The highest BCUT2D eigenvalue weighted by atomic mass is 16.5. The summed E-state index contributed by atoms with van der Waals surface area (Å²) in [4.78, 5) is 0. The van der Waals surface area contributed by atoms with Gasteiger partial charge in [-0.25, -0.2) is 0 Å². The van der Waals surface area contributed by atoms with Crippen LogP contribution in [0.3, 0.4) is 0 Å². The van der Waals surface area contributed by atoms with Crippen LogP contribution in [-0.4, -0.2) is 89.2 Å². The highest BCUT2D eigenvalue weighted by Gasteiger charge is 2.07. The molecule has 1 aromatic rings. The van der Waals surface area contributed by atoms with Gasteiger partial charge in [0, 0.05) is 40.4 Å². The van der Waals surface area contributed by atoms with E-state index < -0.39 is 12.2 Å². The molecule has 2 unspecified atom stereocenters. The van der Waals surface area contributed by atoms with Crippen LogP contribution in [-0.2, 0) is 9.47 Å². The second-order valence-electron chi connectivity index (χ2n) is 5.79. The van der Waals surface area contributed by atoms with Gasteiger partial charge in [0.2, 0.25) is 0 Å². The van der Waals surface area contributed by atoms with Gasteiger partial charge in [-0.2, -0.15) is 0 Å². The summed E-state index contributed by atoms with van der Waals surface area (Å²) in [5.74, 6) is 1.30. The van der Waals surface area contributed by atoms with E-state index in [0.717, 1.165) is 0 Å². The molecular weight excluding hydrogens is 340 g/mol. The number of rotatable bonds is 16. The predicted molar refractivity (Wildman–Crippen MR) is 98.9 cm³/mol. The zero-order valence-corrected chi connectivity index (χ0v) is 15.6. The van der Waals surface area contributed by atoms with E-state index >= 15 is 0 Å². The molecule has 2 atom stereocenters. The lowest BCUT2D eigenvalue weighted by molar-refractivity contribution is 0.101. The first-order chi connectivity index (χ1) is 12.7. The minimum atomic E-state index is -0.594. The van der Waals surface area contributed by atoms with Crippen LogP contribution in [0.1, 0.15) is 0 Å². The van der Waals surface area contributed by atoms with Crippen molar-refractivity contribution in [3.05, 3.63) is 24.3 Å². The summed E-state index contributed by atoms with van der Waals surface area (Å²) in [6.07, 6.45) is -1.19. The molecule has 0 saturated carbocycles. The van der Waals surface area contributed by atoms with Gasteiger partial charge < -0.3 is 39.8 Å². The molecule has 150 valence electrons. The van der Waals surface area contributed by atoms with Crippen molar-refractivity contribution in [3.63, 3.8) is 0 Å². The average molecular weight is 372 g/mol. The second-order valence-corrected chi connectivity index (χ2v) is 5.79. The number of methoxy groups -OCH3 is 2. The van der Waals surface area contributed by atoms with Crippen LogP contribution in [0.15, 0.2) is 24.3 Å². The molecule has 0 saturated heterocycles. The number of ether oxygens (including phenoxy) is 4. The molecule has 0 aliphatic rings. The lowest BCUT2D eigenvalue weighted by atomic mass is 10.3. The molecule has 0 aliphatic heterocycles. The van der Waals surface area contributed by atoms with Crippen molar-refractivity contribution in [2.45, 2.75) is 12.2 Å². The number of nitrogens with one attached hydrogen (secondary N) is 2. The summed E-state index contributed by atoms with van der Waals surface area (Å²) >= 11 is 0. The molecule has 0 bridgehead atoms. The third-order valence-electron chi connectivity index (χ3n) is 3.43. The van der Waals surface area contributed by atoms with E-state index in [-0.39, 0.29) is 13.2 Å². The van der Waals surface area contributed by atoms with Gasteiger partial charge in [-0.05, 0) is 24.3 Å². The Labute approximate surface area is 155 Å². The maximum atomic E-state index is 9.82. The van der Waals surface area contributed by atoms with Gasteiger partial charge in [0.1, 0.15) is 36.9 Å². The monoisotopic (exact) mass is 372 g/mol. The van der Waals surface area contributed by atoms with Crippen LogP contribution in [0.25, 0.3) is 0 Å². The standard InChI is InChI=1S/C18H32N2O6/c1-23-9-7-19-11-15(21)13-25-17-3-5-18(6-4-17)26-14-16(22)12-20-8-10-24-2/h3-6,15-16,19-22H,7-14H2,1-2H3. The van der Waals surface area contributed by atoms with Gasteiger partial charge in [0.05, 0.1) is 13.2 Å². The van der Waals surface area contributed by atoms with Crippen LogP contribution in [0.5, 0.6) is 11.5 Å². The van der Waals surface area contributed by atoms with E-state index in [1.54, 1.807) is 38.5 Å². The zero-order valence-electron chi connectivity index (χ0n) is 15.6. The van der Waals surface area contributed by atoms with E-state index in [9.17, 15) is 10.2 Å². The highest BCUT2D eigenvalue weighted by molar-refractivity contribution is 5.31.